The molecule has 2 N–H and O–H groups in total. The van der Waals surface area contributed by atoms with Gasteiger partial charge in [0.15, 0.2) is 6.61 Å². The zero-order valence-corrected chi connectivity index (χ0v) is 16.9. The quantitative estimate of drug-likeness (QED) is 0.376. The number of amides is 3. The fraction of sp³-hybridized carbons (Fsp3) is 0.350. The number of carbonyl (C=O) groups is 3. The van der Waals surface area contributed by atoms with Gasteiger partial charge in [0, 0.05) is 24.8 Å². The molecule has 12 heteroatoms. The smallest absolute Gasteiger partial charge is 0.317 e. The Hall–Kier alpha value is -3.96. The number of halogens is 1. The first-order valence-corrected chi connectivity index (χ1v) is 9.79. The van der Waals surface area contributed by atoms with Crippen LogP contribution in [0.15, 0.2) is 41.0 Å². The van der Waals surface area contributed by atoms with Crippen molar-refractivity contribution in [3.05, 3.63) is 58.3 Å². The van der Waals surface area contributed by atoms with Crippen molar-refractivity contribution < 1.29 is 32.9 Å². The van der Waals surface area contributed by atoms with Gasteiger partial charge in [0.05, 0.1) is 23.6 Å². The second kappa shape index (κ2) is 10.4. The molecular formula is C20H21FN4O7. The Kier molecular flexibility index (Phi) is 7.37. The van der Waals surface area contributed by atoms with Crippen LogP contribution in [0.25, 0.3) is 0 Å². The molecule has 0 atom stereocenters. The van der Waals surface area contributed by atoms with Gasteiger partial charge in [0.25, 0.3) is 5.91 Å². The predicted molar refractivity (Wildman–Crippen MR) is 108 cm³/mol. The third-order valence-corrected chi connectivity index (χ3v) is 4.88. The summed E-state index contributed by atoms with van der Waals surface area (Å²) in [6, 6.07) is 6.11. The number of rotatable bonds is 7. The number of ether oxygens (including phenoxy) is 1. The van der Waals surface area contributed by atoms with Crippen molar-refractivity contribution in [1.29, 1.82) is 0 Å². The molecule has 0 radical (unpaired) electrons. The van der Waals surface area contributed by atoms with Crippen molar-refractivity contribution in [2.75, 3.05) is 25.0 Å². The fourth-order valence-electron chi connectivity index (χ4n) is 3.19. The van der Waals surface area contributed by atoms with Crippen molar-refractivity contribution in [2.45, 2.75) is 19.4 Å². The van der Waals surface area contributed by atoms with Crippen molar-refractivity contribution >= 4 is 29.3 Å². The molecule has 0 spiro atoms. The summed E-state index contributed by atoms with van der Waals surface area (Å²) in [5, 5.41) is 15.8. The van der Waals surface area contributed by atoms with E-state index < -0.39 is 40.8 Å². The van der Waals surface area contributed by atoms with E-state index in [0.29, 0.717) is 31.7 Å². The average molecular weight is 448 g/mol. The van der Waals surface area contributed by atoms with E-state index in [1.807, 2.05) is 0 Å². The van der Waals surface area contributed by atoms with Crippen LogP contribution in [0.2, 0.25) is 0 Å². The number of esters is 1. The number of benzene rings is 1. The zero-order valence-electron chi connectivity index (χ0n) is 16.9. The number of urea groups is 1. The van der Waals surface area contributed by atoms with Gasteiger partial charge in [-0.25, -0.2) is 4.79 Å². The number of nitro benzene ring substituents is 1. The summed E-state index contributed by atoms with van der Waals surface area (Å²) in [5.41, 5.74) is -0.771. The van der Waals surface area contributed by atoms with Gasteiger partial charge in [-0.15, -0.1) is 0 Å². The maximum Gasteiger partial charge on any atom is 0.317 e. The molecule has 2 heterocycles. The van der Waals surface area contributed by atoms with E-state index in [0.717, 1.165) is 18.2 Å². The van der Waals surface area contributed by atoms with Gasteiger partial charge < -0.3 is 24.7 Å². The fourth-order valence-corrected chi connectivity index (χ4v) is 3.19. The number of anilines is 1. The summed E-state index contributed by atoms with van der Waals surface area (Å²) in [5.74, 6) is -2.13. The maximum atomic E-state index is 13.3. The second-order valence-corrected chi connectivity index (χ2v) is 7.08. The summed E-state index contributed by atoms with van der Waals surface area (Å²) in [4.78, 5) is 47.8. The normalized spacial score (nSPS) is 14.0. The van der Waals surface area contributed by atoms with Crippen LogP contribution >= 0.6 is 0 Å². The first-order chi connectivity index (χ1) is 15.3. The van der Waals surface area contributed by atoms with E-state index in [4.69, 9.17) is 9.15 Å². The molecule has 0 bridgehead atoms. The summed E-state index contributed by atoms with van der Waals surface area (Å²) < 4.78 is 23.5. The molecule has 32 heavy (non-hydrogen) atoms. The first-order valence-electron chi connectivity index (χ1n) is 9.79. The number of hydrogen-bond acceptors (Lipinski definition) is 7. The van der Waals surface area contributed by atoms with Gasteiger partial charge >= 0.3 is 17.7 Å². The lowest BCUT2D eigenvalue weighted by molar-refractivity contribution is -0.387. The molecule has 0 unspecified atom stereocenters. The minimum Gasteiger partial charge on any atom is -0.467 e. The predicted octanol–water partition coefficient (Wildman–Crippen LogP) is 2.43. The highest BCUT2D eigenvalue weighted by Gasteiger charge is 2.28. The Balaban J connectivity index is 1.39. The molecular weight excluding hydrogens is 427 g/mol. The molecule has 0 aliphatic carbocycles. The van der Waals surface area contributed by atoms with Crippen LogP contribution in [0.1, 0.15) is 18.6 Å². The number of likely N-dealkylation sites (tertiary alicyclic amines) is 1. The molecule has 170 valence electrons. The number of nitrogens with one attached hydrogen (secondary N) is 2. The van der Waals surface area contributed by atoms with E-state index in [-0.39, 0.29) is 18.3 Å². The van der Waals surface area contributed by atoms with Gasteiger partial charge in [-0.3, -0.25) is 19.7 Å². The van der Waals surface area contributed by atoms with Crippen molar-refractivity contribution in [3.8, 4) is 0 Å². The topological polar surface area (TPSA) is 144 Å². The number of nitrogens with zero attached hydrogens (tertiary/aromatic N) is 2. The Morgan fingerprint density at radius 1 is 1.25 bits per heavy atom. The standard InChI is InChI=1S/C20H21FN4O7/c21-16-4-3-14(10-17(16)25(29)30)23-18(26)12-32-19(27)13-5-7-24(8-6-13)20(28)22-11-15-2-1-9-31-15/h1-4,9-10,13H,5-8,11-12H2,(H,22,28)(H,23,26). The Morgan fingerprint density at radius 3 is 2.66 bits per heavy atom. The molecule has 0 saturated carbocycles. The zero-order chi connectivity index (χ0) is 23.1. The highest BCUT2D eigenvalue weighted by Crippen LogP contribution is 2.22. The average Bonchev–Trinajstić information content (AvgIpc) is 3.31. The molecule has 1 aliphatic heterocycles. The number of furan rings is 1. The number of hydrogen-bond donors (Lipinski definition) is 2. The molecule has 1 aliphatic rings. The van der Waals surface area contributed by atoms with Crippen LogP contribution in [-0.2, 0) is 20.9 Å². The Bertz CT molecular complexity index is 988. The van der Waals surface area contributed by atoms with Crippen LogP contribution < -0.4 is 10.6 Å². The third-order valence-electron chi connectivity index (χ3n) is 4.88. The van der Waals surface area contributed by atoms with E-state index in [9.17, 15) is 28.9 Å². The first kappa shape index (κ1) is 22.7. The monoisotopic (exact) mass is 448 g/mol. The van der Waals surface area contributed by atoms with E-state index in [1.165, 1.54) is 6.26 Å². The van der Waals surface area contributed by atoms with Crippen molar-refractivity contribution in [3.63, 3.8) is 0 Å². The van der Waals surface area contributed by atoms with Crippen LogP contribution in [0.5, 0.6) is 0 Å². The molecule has 3 rings (SSSR count). The van der Waals surface area contributed by atoms with E-state index >= 15 is 0 Å². The lowest BCUT2D eigenvalue weighted by Gasteiger charge is -2.30. The number of carbonyl (C=O) groups excluding carboxylic acids is 3. The second-order valence-electron chi connectivity index (χ2n) is 7.08. The Labute approximate surface area is 181 Å². The third kappa shape index (κ3) is 6.03. The SMILES string of the molecule is O=C(COC(=O)C1CCN(C(=O)NCc2ccco2)CC1)Nc1ccc(F)c([N+](=O)[O-])c1. The van der Waals surface area contributed by atoms with Gasteiger partial charge in [0.1, 0.15) is 5.76 Å². The molecule has 3 amide bonds. The van der Waals surface area contributed by atoms with Gasteiger partial charge in [0.2, 0.25) is 5.82 Å². The van der Waals surface area contributed by atoms with Crippen molar-refractivity contribution in [2.24, 2.45) is 5.92 Å². The summed E-state index contributed by atoms with van der Waals surface area (Å²) in [6.45, 7) is 0.387. The lowest BCUT2D eigenvalue weighted by atomic mass is 9.97. The lowest BCUT2D eigenvalue weighted by Crippen LogP contribution is -2.45. The summed E-state index contributed by atoms with van der Waals surface area (Å²) in [6.07, 6.45) is 2.29. The molecule has 11 nitrogen and oxygen atoms in total. The minimum atomic E-state index is -1.03. The van der Waals surface area contributed by atoms with Crippen LogP contribution in [0, 0.1) is 21.8 Å². The van der Waals surface area contributed by atoms with Crippen LogP contribution in [0.4, 0.5) is 20.6 Å². The highest BCUT2D eigenvalue weighted by atomic mass is 19.1. The number of nitro groups is 1. The highest BCUT2D eigenvalue weighted by molar-refractivity contribution is 5.93. The van der Waals surface area contributed by atoms with Gasteiger partial charge in [-0.05, 0) is 37.1 Å². The largest absolute Gasteiger partial charge is 0.467 e. The molecule has 1 aromatic carbocycles. The van der Waals surface area contributed by atoms with Crippen LogP contribution in [-0.4, -0.2) is 47.4 Å². The summed E-state index contributed by atoms with van der Waals surface area (Å²) in [7, 11) is 0. The Morgan fingerprint density at radius 2 is 2.00 bits per heavy atom. The minimum absolute atomic E-state index is 0.00742. The van der Waals surface area contributed by atoms with Crippen LogP contribution in [0.3, 0.4) is 0 Å². The molecule has 1 saturated heterocycles. The maximum absolute atomic E-state index is 13.3. The van der Waals surface area contributed by atoms with E-state index in [2.05, 4.69) is 10.6 Å². The number of piperidine rings is 1. The molecule has 1 aromatic heterocycles. The molecule has 1 fully saturated rings. The van der Waals surface area contributed by atoms with Gasteiger partial charge in [-0.2, -0.15) is 4.39 Å². The van der Waals surface area contributed by atoms with Crippen molar-refractivity contribution in [1.82, 2.24) is 10.2 Å². The van der Waals surface area contributed by atoms with E-state index in [1.54, 1.807) is 17.0 Å². The molecule has 2 aromatic rings. The summed E-state index contributed by atoms with van der Waals surface area (Å²) >= 11 is 0. The van der Waals surface area contributed by atoms with Gasteiger partial charge in [-0.1, -0.05) is 0 Å².